The minimum absolute atomic E-state index is 0.135. The molecule has 0 saturated carbocycles. The predicted molar refractivity (Wildman–Crippen MR) is 115 cm³/mol. The summed E-state index contributed by atoms with van der Waals surface area (Å²) in [5.41, 5.74) is 3.92. The van der Waals surface area contributed by atoms with Gasteiger partial charge in [-0.15, -0.1) is 0 Å². The summed E-state index contributed by atoms with van der Waals surface area (Å²) in [6, 6.07) is 17.2. The number of esters is 1. The highest BCUT2D eigenvalue weighted by atomic mass is 127. The summed E-state index contributed by atoms with van der Waals surface area (Å²) in [5, 5.41) is 7.29. The number of aromatic nitrogens is 2. The van der Waals surface area contributed by atoms with E-state index >= 15 is 0 Å². The molecule has 144 valence electrons. The van der Waals surface area contributed by atoms with Crippen molar-refractivity contribution in [3.63, 3.8) is 0 Å². The molecule has 0 bridgehead atoms. The first kappa shape index (κ1) is 20.1. The van der Waals surface area contributed by atoms with Crippen LogP contribution in [0.15, 0.2) is 54.6 Å². The van der Waals surface area contributed by atoms with Gasteiger partial charge in [0.1, 0.15) is 0 Å². The van der Waals surface area contributed by atoms with Gasteiger partial charge in [-0.25, -0.2) is 4.68 Å². The average Bonchev–Trinajstić information content (AvgIpc) is 2.97. The number of rotatable bonds is 6. The molecule has 2 aromatic carbocycles. The van der Waals surface area contributed by atoms with E-state index < -0.39 is 11.9 Å². The van der Waals surface area contributed by atoms with Gasteiger partial charge in [-0.1, -0.05) is 36.4 Å². The number of hydrogen-bond acceptors (Lipinski definition) is 4. The molecule has 0 fully saturated rings. The van der Waals surface area contributed by atoms with Gasteiger partial charge in [0.25, 0.3) is 5.91 Å². The Morgan fingerprint density at radius 3 is 2.46 bits per heavy atom. The first-order chi connectivity index (χ1) is 13.5. The number of carbonyl (C=O) groups excluding carboxylic acids is 2. The summed E-state index contributed by atoms with van der Waals surface area (Å²) in [6.45, 7) is 3.37. The van der Waals surface area contributed by atoms with Gasteiger partial charge in [0, 0.05) is 3.57 Å². The van der Waals surface area contributed by atoms with Crippen molar-refractivity contribution in [1.82, 2.24) is 9.78 Å². The molecule has 0 aliphatic rings. The van der Waals surface area contributed by atoms with E-state index in [1.807, 2.05) is 68.4 Å². The van der Waals surface area contributed by atoms with Crippen LogP contribution < -0.4 is 5.32 Å². The molecule has 0 atom stereocenters. The summed E-state index contributed by atoms with van der Waals surface area (Å²) >= 11 is 2.17. The van der Waals surface area contributed by atoms with Crippen LogP contribution in [0.25, 0.3) is 5.69 Å². The Bertz CT molecular complexity index is 999. The molecule has 7 heteroatoms. The minimum atomic E-state index is -0.437. The molecule has 0 aliphatic carbocycles. The Hall–Kier alpha value is -2.68. The first-order valence-corrected chi connectivity index (χ1v) is 9.84. The number of anilines is 1. The van der Waals surface area contributed by atoms with Crippen molar-refractivity contribution in [1.29, 1.82) is 0 Å². The second-order valence-electron chi connectivity index (χ2n) is 6.27. The van der Waals surface area contributed by atoms with E-state index in [9.17, 15) is 9.59 Å². The van der Waals surface area contributed by atoms with Crippen molar-refractivity contribution >= 4 is 40.2 Å². The Kier molecular flexibility index (Phi) is 6.45. The van der Waals surface area contributed by atoms with Gasteiger partial charge >= 0.3 is 5.97 Å². The van der Waals surface area contributed by atoms with Crippen molar-refractivity contribution in [2.75, 3.05) is 11.9 Å². The number of amides is 1. The zero-order valence-electron chi connectivity index (χ0n) is 15.6. The van der Waals surface area contributed by atoms with Crippen molar-refractivity contribution in [3.05, 3.63) is 75.1 Å². The number of carbonyl (C=O) groups is 2. The van der Waals surface area contributed by atoms with Gasteiger partial charge in [0.05, 0.1) is 29.2 Å². The van der Waals surface area contributed by atoms with Gasteiger partial charge in [-0.2, -0.15) is 5.10 Å². The second-order valence-corrected chi connectivity index (χ2v) is 7.43. The van der Waals surface area contributed by atoms with Crippen LogP contribution in [0, 0.1) is 17.4 Å². The lowest BCUT2D eigenvalue weighted by atomic mass is 10.2. The molecule has 1 amide bonds. The number of aryl methyl sites for hydroxylation is 1. The monoisotopic (exact) mass is 489 g/mol. The second kappa shape index (κ2) is 9.01. The van der Waals surface area contributed by atoms with Gasteiger partial charge in [-0.05, 0) is 60.2 Å². The van der Waals surface area contributed by atoms with Crippen molar-refractivity contribution in [2.45, 2.75) is 20.3 Å². The fourth-order valence-electron chi connectivity index (χ4n) is 2.81. The molecule has 1 heterocycles. The van der Waals surface area contributed by atoms with Crippen molar-refractivity contribution < 1.29 is 14.3 Å². The minimum Gasteiger partial charge on any atom is -0.455 e. The fourth-order valence-corrected chi connectivity index (χ4v) is 3.39. The Morgan fingerprint density at radius 1 is 1.07 bits per heavy atom. The van der Waals surface area contributed by atoms with Crippen LogP contribution in [-0.2, 0) is 20.7 Å². The molecule has 28 heavy (non-hydrogen) atoms. The zero-order chi connectivity index (χ0) is 20.1. The molecule has 3 aromatic rings. The van der Waals surface area contributed by atoms with Gasteiger partial charge in [0.15, 0.2) is 6.61 Å². The smallest absolute Gasteiger partial charge is 0.310 e. The van der Waals surface area contributed by atoms with Gasteiger partial charge < -0.3 is 10.1 Å². The third-order valence-electron chi connectivity index (χ3n) is 4.21. The van der Waals surface area contributed by atoms with Gasteiger partial charge in [-0.3, -0.25) is 9.59 Å². The number of nitrogens with zero attached hydrogens (tertiary/aromatic N) is 2. The third-order valence-corrected chi connectivity index (χ3v) is 5.27. The Morgan fingerprint density at radius 2 is 1.75 bits per heavy atom. The molecule has 0 radical (unpaired) electrons. The maximum Gasteiger partial charge on any atom is 0.310 e. The van der Waals surface area contributed by atoms with E-state index in [0.717, 1.165) is 20.5 Å². The standard InChI is InChI=1S/C21H20IN3O3/c1-14-21(15(2)25(24-14)17-9-4-3-5-10-17)23-19(26)13-28-20(27)12-16-8-6-7-11-18(16)22/h3-11H,12-13H2,1-2H3,(H,23,26). The highest BCUT2D eigenvalue weighted by Gasteiger charge is 2.16. The average molecular weight is 489 g/mol. The number of nitrogens with one attached hydrogen (secondary N) is 1. The van der Waals surface area contributed by atoms with Crippen LogP contribution >= 0.6 is 22.6 Å². The van der Waals surface area contributed by atoms with Crippen LogP contribution in [0.2, 0.25) is 0 Å². The molecule has 0 saturated heterocycles. The van der Waals surface area contributed by atoms with E-state index in [4.69, 9.17) is 4.74 Å². The lowest BCUT2D eigenvalue weighted by molar-refractivity contribution is -0.146. The first-order valence-electron chi connectivity index (χ1n) is 8.76. The summed E-state index contributed by atoms with van der Waals surface area (Å²) < 4.78 is 7.88. The van der Waals surface area contributed by atoms with Gasteiger partial charge in [0.2, 0.25) is 0 Å². The van der Waals surface area contributed by atoms with E-state index in [1.54, 1.807) is 4.68 Å². The van der Waals surface area contributed by atoms with Crippen LogP contribution in [0.3, 0.4) is 0 Å². The normalized spacial score (nSPS) is 10.5. The lowest BCUT2D eigenvalue weighted by Crippen LogP contribution is -2.22. The molecule has 0 unspecified atom stereocenters. The number of ether oxygens (including phenoxy) is 1. The van der Waals surface area contributed by atoms with Crippen LogP contribution in [0.1, 0.15) is 17.0 Å². The molecule has 0 spiro atoms. The molecule has 1 N–H and O–H groups in total. The van der Waals surface area contributed by atoms with E-state index in [-0.39, 0.29) is 13.0 Å². The number of benzene rings is 2. The SMILES string of the molecule is Cc1nn(-c2ccccc2)c(C)c1NC(=O)COC(=O)Cc1ccccc1I. The maximum absolute atomic E-state index is 12.3. The summed E-state index contributed by atoms with van der Waals surface area (Å²) in [5.74, 6) is -0.831. The van der Waals surface area contributed by atoms with Crippen molar-refractivity contribution in [3.8, 4) is 5.69 Å². The fraction of sp³-hybridized carbons (Fsp3) is 0.190. The third kappa shape index (κ3) is 4.78. The summed E-state index contributed by atoms with van der Waals surface area (Å²) in [6.07, 6.45) is 0.135. The Balaban J connectivity index is 1.60. The predicted octanol–water partition coefficient (Wildman–Crippen LogP) is 3.82. The molecular formula is C21H20IN3O3. The molecule has 1 aromatic heterocycles. The molecule has 6 nitrogen and oxygen atoms in total. The largest absolute Gasteiger partial charge is 0.455 e. The van der Waals surface area contributed by atoms with Crippen molar-refractivity contribution in [2.24, 2.45) is 0 Å². The topological polar surface area (TPSA) is 73.2 Å². The van der Waals surface area contributed by atoms with E-state index in [2.05, 4.69) is 33.0 Å². The highest BCUT2D eigenvalue weighted by Crippen LogP contribution is 2.22. The van der Waals surface area contributed by atoms with Crippen LogP contribution in [0.4, 0.5) is 5.69 Å². The number of hydrogen-bond donors (Lipinski definition) is 1. The molecular weight excluding hydrogens is 469 g/mol. The summed E-state index contributed by atoms with van der Waals surface area (Å²) in [4.78, 5) is 24.3. The summed E-state index contributed by atoms with van der Waals surface area (Å²) in [7, 11) is 0. The van der Waals surface area contributed by atoms with Crippen LogP contribution in [0.5, 0.6) is 0 Å². The molecule has 0 aliphatic heterocycles. The maximum atomic E-state index is 12.3. The highest BCUT2D eigenvalue weighted by molar-refractivity contribution is 14.1. The van der Waals surface area contributed by atoms with E-state index in [0.29, 0.717) is 11.4 Å². The lowest BCUT2D eigenvalue weighted by Gasteiger charge is -2.08. The number of halogens is 1. The molecule has 3 rings (SSSR count). The zero-order valence-corrected chi connectivity index (χ0v) is 17.8. The quantitative estimate of drug-likeness (QED) is 0.422. The number of para-hydroxylation sites is 1. The van der Waals surface area contributed by atoms with E-state index in [1.165, 1.54) is 0 Å². The van der Waals surface area contributed by atoms with Crippen LogP contribution in [-0.4, -0.2) is 28.3 Å². The Labute approximate surface area is 177 Å².